The molecule has 0 aliphatic carbocycles. The van der Waals surface area contributed by atoms with Crippen LogP contribution in [0.1, 0.15) is 62.9 Å². The normalized spacial score (nSPS) is 12.6. The van der Waals surface area contributed by atoms with Crippen LogP contribution >= 0.6 is 0 Å². The van der Waals surface area contributed by atoms with Gasteiger partial charge in [-0.05, 0) is 40.4 Å². The number of carboxylic acid groups (broad SMARTS) is 1. The molecule has 0 bridgehead atoms. The number of nitrogen functional groups attached to an aromatic ring is 1. The van der Waals surface area contributed by atoms with Crippen molar-refractivity contribution in [2.75, 3.05) is 24.8 Å². The minimum absolute atomic E-state index is 0.0449. The molecular formula is C36H44N6O4Si. The number of fused-ring (bicyclic) bond motifs is 1. The number of nitrogens with zero attached hydrogens (tertiary/aromatic N) is 4. The Morgan fingerprint density at radius 2 is 1.66 bits per heavy atom. The van der Waals surface area contributed by atoms with Crippen molar-refractivity contribution in [2.24, 2.45) is 0 Å². The lowest BCUT2D eigenvalue weighted by molar-refractivity contribution is 0.0696. The predicted molar refractivity (Wildman–Crippen MR) is 189 cm³/mol. The molecule has 0 spiro atoms. The standard InChI is InChI=1S/C36H44N6O4Si/c1-6-13-27(20-21-46-47(36(2,3)4,28-14-9-7-10-15-28)29-16-11-8-12-17-29)39-33-32-30(40-35(37)41-33)23-38-42(32)24-26-19-18-25(34(43)44)22-31(26)45-5/h7-12,14-19,22-23,27H,6,13,20-21,24H2,1-5H3,(H,43,44)(H3,37,39,40,41). The summed E-state index contributed by atoms with van der Waals surface area (Å²) in [6.07, 6.45) is 4.28. The fourth-order valence-corrected chi connectivity index (χ4v) is 10.9. The molecule has 4 N–H and O–H groups in total. The van der Waals surface area contributed by atoms with Crippen molar-refractivity contribution in [3.05, 3.63) is 96.2 Å². The second-order valence-electron chi connectivity index (χ2n) is 12.7. The van der Waals surface area contributed by atoms with E-state index in [1.807, 2.05) is 0 Å². The van der Waals surface area contributed by atoms with Crippen LogP contribution in [0.15, 0.2) is 85.1 Å². The van der Waals surface area contributed by atoms with Crippen LogP contribution < -0.4 is 26.2 Å². The molecule has 2 heterocycles. The minimum atomic E-state index is -2.68. The molecule has 11 heteroatoms. The van der Waals surface area contributed by atoms with Gasteiger partial charge in [0.05, 0.1) is 25.4 Å². The van der Waals surface area contributed by atoms with E-state index in [0.29, 0.717) is 35.8 Å². The average Bonchev–Trinajstić information content (AvgIpc) is 3.45. The Balaban J connectivity index is 1.44. The van der Waals surface area contributed by atoms with E-state index in [1.54, 1.807) is 23.0 Å². The largest absolute Gasteiger partial charge is 0.496 e. The summed E-state index contributed by atoms with van der Waals surface area (Å²) < 4.78 is 14.5. The molecule has 246 valence electrons. The van der Waals surface area contributed by atoms with E-state index in [9.17, 15) is 9.90 Å². The summed E-state index contributed by atoms with van der Waals surface area (Å²) >= 11 is 0. The summed E-state index contributed by atoms with van der Waals surface area (Å²) in [5.41, 5.74) is 8.41. The highest BCUT2D eigenvalue weighted by Gasteiger charge is 2.50. The van der Waals surface area contributed by atoms with Crippen LogP contribution in [0.4, 0.5) is 11.8 Å². The highest BCUT2D eigenvalue weighted by Crippen LogP contribution is 2.37. The Hall–Kier alpha value is -4.74. The second-order valence-corrected chi connectivity index (χ2v) is 17.0. The third-order valence-electron chi connectivity index (χ3n) is 8.54. The number of hydrogen-bond acceptors (Lipinski definition) is 8. The van der Waals surface area contributed by atoms with Crippen LogP contribution in [-0.4, -0.2) is 58.9 Å². The molecule has 1 atom stereocenters. The summed E-state index contributed by atoms with van der Waals surface area (Å²) in [4.78, 5) is 20.6. The van der Waals surface area contributed by atoms with E-state index < -0.39 is 14.3 Å². The Labute approximate surface area is 277 Å². The number of hydrogen-bond donors (Lipinski definition) is 3. The van der Waals surface area contributed by atoms with Gasteiger partial charge in [-0.2, -0.15) is 10.1 Å². The maximum atomic E-state index is 11.5. The molecule has 3 aromatic carbocycles. The molecule has 0 saturated heterocycles. The highest BCUT2D eigenvalue weighted by molar-refractivity contribution is 6.99. The van der Waals surface area contributed by atoms with E-state index in [2.05, 4.69) is 109 Å². The van der Waals surface area contributed by atoms with Gasteiger partial charge in [0.25, 0.3) is 8.32 Å². The van der Waals surface area contributed by atoms with Crippen molar-refractivity contribution in [3.63, 3.8) is 0 Å². The van der Waals surface area contributed by atoms with Crippen LogP contribution in [0.3, 0.4) is 0 Å². The van der Waals surface area contributed by atoms with Gasteiger partial charge in [-0.3, -0.25) is 4.68 Å². The number of nitrogens with two attached hydrogens (primary N) is 1. The van der Waals surface area contributed by atoms with Gasteiger partial charge < -0.3 is 25.3 Å². The molecule has 5 aromatic rings. The Morgan fingerprint density at radius 3 is 2.23 bits per heavy atom. The molecule has 10 nitrogen and oxygen atoms in total. The molecule has 1 unspecified atom stereocenters. The average molecular weight is 653 g/mol. The zero-order valence-electron chi connectivity index (χ0n) is 27.7. The summed E-state index contributed by atoms with van der Waals surface area (Å²) in [7, 11) is -1.16. The van der Waals surface area contributed by atoms with Crippen molar-refractivity contribution in [3.8, 4) is 5.75 Å². The Bertz CT molecular complexity index is 1770. The molecule has 0 aliphatic heterocycles. The summed E-state index contributed by atoms with van der Waals surface area (Å²) in [6, 6.07) is 26.2. The number of nitrogens with one attached hydrogen (secondary N) is 1. The number of rotatable bonds is 14. The molecule has 47 heavy (non-hydrogen) atoms. The first kappa shape index (κ1) is 33.6. The van der Waals surface area contributed by atoms with E-state index >= 15 is 0 Å². The van der Waals surface area contributed by atoms with Crippen molar-refractivity contribution in [1.29, 1.82) is 0 Å². The van der Waals surface area contributed by atoms with Gasteiger partial charge >= 0.3 is 5.97 Å². The zero-order chi connectivity index (χ0) is 33.6. The van der Waals surface area contributed by atoms with Crippen molar-refractivity contribution >= 4 is 47.5 Å². The molecule has 0 amide bonds. The van der Waals surface area contributed by atoms with Crippen LogP contribution in [0.5, 0.6) is 5.75 Å². The smallest absolute Gasteiger partial charge is 0.335 e. The SMILES string of the molecule is CCCC(CCO[Si](c1ccccc1)(c1ccccc1)C(C)(C)C)Nc1nc(N)nc2cnn(Cc3ccc(C(=O)O)cc3OC)c12. The van der Waals surface area contributed by atoms with Crippen molar-refractivity contribution in [1.82, 2.24) is 19.7 Å². The number of carboxylic acids is 1. The van der Waals surface area contributed by atoms with Gasteiger partial charge in [0.2, 0.25) is 5.95 Å². The molecular weight excluding hydrogens is 609 g/mol. The maximum Gasteiger partial charge on any atom is 0.335 e. The molecule has 0 fully saturated rings. The number of methoxy groups -OCH3 is 1. The lowest BCUT2D eigenvalue weighted by atomic mass is 10.1. The predicted octanol–water partition coefficient (Wildman–Crippen LogP) is 5.71. The number of aromatic nitrogens is 4. The first-order valence-corrected chi connectivity index (χ1v) is 17.9. The van der Waals surface area contributed by atoms with E-state index in [-0.39, 0.29) is 22.6 Å². The Morgan fingerprint density at radius 1 is 1.00 bits per heavy atom. The van der Waals surface area contributed by atoms with E-state index in [4.69, 9.17) is 14.9 Å². The maximum absolute atomic E-state index is 11.5. The molecule has 0 radical (unpaired) electrons. The van der Waals surface area contributed by atoms with Gasteiger partial charge in [0.15, 0.2) is 5.82 Å². The number of ether oxygens (including phenoxy) is 1. The highest BCUT2D eigenvalue weighted by atomic mass is 28.4. The first-order chi connectivity index (χ1) is 22.6. The van der Waals surface area contributed by atoms with Gasteiger partial charge in [-0.15, -0.1) is 0 Å². The van der Waals surface area contributed by atoms with Crippen LogP contribution in [0, 0.1) is 0 Å². The fraction of sp³-hybridized carbons (Fsp3) is 0.333. The number of anilines is 2. The van der Waals surface area contributed by atoms with Gasteiger partial charge in [-0.25, -0.2) is 9.78 Å². The monoisotopic (exact) mass is 652 g/mol. The second kappa shape index (κ2) is 14.4. The van der Waals surface area contributed by atoms with Gasteiger partial charge in [-0.1, -0.05) is 101 Å². The third-order valence-corrected chi connectivity index (χ3v) is 13.6. The third kappa shape index (κ3) is 7.16. The topological polar surface area (TPSA) is 137 Å². The first-order valence-electron chi connectivity index (χ1n) is 16.0. The van der Waals surface area contributed by atoms with Crippen LogP contribution in [-0.2, 0) is 11.0 Å². The van der Waals surface area contributed by atoms with E-state index in [0.717, 1.165) is 24.8 Å². The summed E-state index contributed by atoms with van der Waals surface area (Å²) in [5, 5.41) is 20.1. The molecule has 0 aliphatic rings. The quantitative estimate of drug-likeness (QED) is 0.129. The number of benzene rings is 3. The summed E-state index contributed by atoms with van der Waals surface area (Å²) in [5.74, 6) is 0.191. The van der Waals surface area contributed by atoms with Gasteiger partial charge in [0.1, 0.15) is 16.8 Å². The van der Waals surface area contributed by atoms with Gasteiger partial charge in [0, 0.05) is 18.2 Å². The lowest BCUT2D eigenvalue weighted by Gasteiger charge is -2.43. The van der Waals surface area contributed by atoms with Crippen LogP contribution in [0.2, 0.25) is 5.04 Å². The fourth-order valence-electron chi connectivity index (χ4n) is 6.35. The zero-order valence-corrected chi connectivity index (χ0v) is 28.7. The Kier molecular flexibility index (Phi) is 10.3. The molecule has 2 aromatic heterocycles. The van der Waals surface area contributed by atoms with Crippen molar-refractivity contribution < 1.29 is 19.1 Å². The minimum Gasteiger partial charge on any atom is -0.496 e. The number of aromatic carboxylic acids is 1. The molecule has 5 rings (SSSR count). The molecule has 0 saturated carbocycles. The van der Waals surface area contributed by atoms with Crippen LogP contribution in [0.25, 0.3) is 11.0 Å². The summed E-state index contributed by atoms with van der Waals surface area (Å²) in [6.45, 7) is 9.90. The number of carbonyl (C=O) groups is 1. The van der Waals surface area contributed by atoms with Crippen molar-refractivity contribution in [2.45, 2.75) is 64.6 Å². The van der Waals surface area contributed by atoms with E-state index in [1.165, 1.54) is 23.5 Å². The lowest BCUT2D eigenvalue weighted by Crippen LogP contribution is -2.66.